The number of benzene rings is 1. The van der Waals surface area contributed by atoms with Crippen LogP contribution in [0.25, 0.3) is 0 Å². The molecule has 1 aliphatic rings. The van der Waals surface area contributed by atoms with Gasteiger partial charge in [0.25, 0.3) is 0 Å². The molecule has 2 rings (SSSR count). The van der Waals surface area contributed by atoms with E-state index in [1.165, 1.54) is 0 Å². The van der Waals surface area contributed by atoms with Crippen molar-refractivity contribution in [1.29, 1.82) is 5.26 Å². The van der Waals surface area contributed by atoms with Gasteiger partial charge >= 0.3 is 0 Å². The van der Waals surface area contributed by atoms with Gasteiger partial charge in [-0.05, 0) is 30.7 Å². The van der Waals surface area contributed by atoms with E-state index in [2.05, 4.69) is 6.07 Å². The van der Waals surface area contributed by atoms with Crippen LogP contribution in [0.5, 0.6) is 0 Å². The van der Waals surface area contributed by atoms with Crippen LogP contribution in [0.3, 0.4) is 0 Å². The molecule has 5 heteroatoms. The third-order valence-electron chi connectivity index (χ3n) is 3.22. The average molecular weight is 281 g/mol. The summed E-state index contributed by atoms with van der Waals surface area (Å²) in [5.74, 6) is 0.982. The van der Waals surface area contributed by atoms with Crippen LogP contribution in [-0.2, 0) is 9.84 Å². The lowest BCUT2D eigenvalue weighted by molar-refractivity contribution is 0.441. The van der Waals surface area contributed by atoms with Crippen molar-refractivity contribution in [1.82, 2.24) is 0 Å². The van der Waals surface area contributed by atoms with E-state index < -0.39 is 15.3 Å². The highest BCUT2D eigenvalue weighted by Crippen LogP contribution is 2.36. The minimum atomic E-state index is -2.99. The van der Waals surface area contributed by atoms with Crippen molar-refractivity contribution in [2.24, 2.45) is 5.41 Å². The van der Waals surface area contributed by atoms with Crippen molar-refractivity contribution in [3.63, 3.8) is 0 Å². The van der Waals surface area contributed by atoms with Gasteiger partial charge in [0, 0.05) is 4.90 Å². The smallest absolute Gasteiger partial charge is 0.151 e. The number of hydrogen-bond donors (Lipinski definition) is 0. The Morgan fingerprint density at radius 2 is 2.06 bits per heavy atom. The third kappa shape index (κ3) is 3.27. The molecule has 1 aromatic carbocycles. The Kier molecular flexibility index (Phi) is 3.98. The fourth-order valence-electron chi connectivity index (χ4n) is 2.14. The first-order valence-electron chi connectivity index (χ1n) is 5.85. The van der Waals surface area contributed by atoms with Gasteiger partial charge in [0.15, 0.2) is 9.84 Å². The highest BCUT2D eigenvalue weighted by molar-refractivity contribution is 7.99. The largest absolute Gasteiger partial charge is 0.229 e. The van der Waals surface area contributed by atoms with Crippen LogP contribution in [0.2, 0.25) is 0 Å². The first-order valence-corrected chi connectivity index (χ1v) is 8.66. The van der Waals surface area contributed by atoms with Crippen LogP contribution in [-0.4, -0.2) is 25.7 Å². The molecule has 0 radical (unpaired) electrons. The Morgan fingerprint density at radius 1 is 1.33 bits per heavy atom. The summed E-state index contributed by atoms with van der Waals surface area (Å²) in [5, 5.41) is 9.22. The zero-order chi connectivity index (χ0) is 13.1. The average Bonchev–Trinajstić information content (AvgIpc) is 2.67. The third-order valence-corrected chi connectivity index (χ3v) is 6.05. The lowest BCUT2D eigenvalue weighted by Gasteiger charge is -2.17. The summed E-state index contributed by atoms with van der Waals surface area (Å²) in [4.78, 5) is 1.16. The van der Waals surface area contributed by atoms with Gasteiger partial charge in [0.05, 0.1) is 23.0 Å². The molecule has 1 unspecified atom stereocenters. The molecule has 0 saturated carbocycles. The summed E-state index contributed by atoms with van der Waals surface area (Å²) < 4.78 is 23.0. The second kappa shape index (κ2) is 5.33. The van der Waals surface area contributed by atoms with E-state index in [0.717, 1.165) is 10.6 Å². The Bertz CT molecular complexity index is 548. The Hall–Kier alpha value is -0.990. The minimum absolute atomic E-state index is 0.0336. The zero-order valence-electron chi connectivity index (χ0n) is 10.0. The van der Waals surface area contributed by atoms with E-state index in [-0.39, 0.29) is 11.5 Å². The second-order valence-electron chi connectivity index (χ2n) is 4.65. The topological polar surface area (TPSA) is 57.9 Å². The molecule has 1 atom stereocenters. The van der Waals surface area contributed by atoms with Crippen LogP contribution in [0.1, 0.15) is 12.8 Å². The molecule has 0 aliphatic carbocycles. The maximum Gasteiger partial charge on any atom is 0.151 e. The quantitative estimate of drug-likeness (QED) is 0.796. The maximum atomic E-state index is 11.5. The van der Waals surface area contributed by atoms with Gasteiger partial charge in [0.1, 0.15) is 0 Å². The summed E-state index contributed by atoms with van der Waals surface area (Å²) in [6.45, 7) is 0. The molecule has 18 heavy (non-hydrogen) atoms. The summed E-state index contributed by atoms with van der Waals surface area (Å²) >= 11 is 1.68. The van der Waals surface area contributed by atoms with Gasteiger partial charge < -0.3 is 0 Å². The van der Waals surface area contributed by atoms with Crippen LogP contribution in [0.4, 0.5) is 0 Å². The van der Waals surface area contributed by atoms with Gasteiger partial charge in [-0.25, -0.2) is 8.42 Å². The normalized spacial score (nSPS) is 25.7. The number of nitrogens with zero attached hydrogens (tertiary/aromatic N) is 1. The molecule has 1 fully saturated rings. The van der Waals surface area contributed by atoms with Gasteiger partial charge in [-0.3, -0.25) is 0 Å². The predicted molar refractivity (Wildman–Crippen MR) is 73.1 cm³/mol. The summed E-state index contributed by atoms with van der Waals surface area (Å²) in [7, 11) is -2.99. The summed E-state index contributed by atoms with van der Waals surface area (Å²) in [5.41, 5.74) is -0.652. The Balaban J connectivity index is 1.92. The summed E-state index contributed by atoms with van der Waals surface area (Å²) in [6.07, 6.45) is 1.13. The molecular weight excluding hydrogens is 266 g/mol. The van der Waals surface area contributed by atoms with E-state index in [1.54, 1.807) is 11.8 Å². The van der Waals surface area contributed by atoms with Crippen LogP contribution < -0.4 is 0 Å². The van der Waals surface area contributed by atoms with Crippen LogP contribution in [0, 0.1) is 16.7 Å². The van der Waals surface area contributed by atoms with E-state index in [1.807, 2.05) is 30.3 Å². The molecule has 1 saturated heterocycles. The summed E-state index contributed by atoms with van der Waals surface area (Å²) in [6, 6.07) is 12.2. The molecule has 0 amide bonds. The molecule has 0 N–H and O–H groups in total. The Labute approximate surface area is 112 Å². The lowest BCUT2D eigenvalue weighted by atomic mass is 9.87. The van der Waals surface area contributed by atoms with Crippen molar-refractivity contribution in [3.05, 3.63) is 30.3 Å². The highest BCUT2D eigenvalue weighted by atomic mass is 32.2. The SMILES string of the molecule is N#CC1(CCSc2ccccc2)CCS(=O)(=O)C1. The standard InChI is InChI=1S/C13H15NO2S2/c14-10-13(7-9-18(15,16)11-13)6-8-17-12-4-2-1-3-5-12/h1-5H,6-9,11H2. The van der Waals surface area contributed by atoms with E-state index in [0.29, 0.717) is 12.8 Å². The van der Waals surface area contributed by atoms with Crippen LogP contribution in [0.15, 0.2) is 35.2 Å². The number of thioether (sulfide) groups is 1. The predicted octanol–water partition coefficient (Wildman–Crippen LogP) is 2.50. The number of sulfone groups is 1. The van der Waals surface area contributed by atoms with Gasteiger partial charge in [-0.15, -0.1) is 11.8 Å². The fourth-order valence-corrected chi connectivity index (χ4v) is 5.26. The minimum Gasteiger partial charge on any atom is -0.229 e. The van der Waals surface area contributed by atoms with Crippen molar-refractivity contribution < 1.29 is 8.42 Å². The van der Waals surface area contributed by atoms with Crippen molar-refractivity contribution in [2.45, 2.75) is 17.7 Å². The second-order valence-corrected chi connectivity index (χ2v) is 8.00. The molecule has 1 aromatic rings. The molecule has 0 spiro atoms. The van der Waals surface area contributed by atoms with E-state index in [9.17, 15) is 13.7 Å². The van der Waals surface area contributed by atoms with Crippen molar-refractivity contribution in [2.75, 3.05) is 17.3 Å². The van der Waals surface area contributed by atoms with Crippen LogP contribution >= 0.6 is 11.8 Å². The molecule has 96 valence electrons. The molecule has 0 aromatic heterocycles. The molecule has 0 bridgehead atoms. The highest BCUT2D eigenvalue weighted by Gasteiger charge is 2.42. The zero-order valence-corrected chi connectivity index (χ0v) is 11.6. The van der Waals surface area contributed by atoms with E-state index >= 15 is 0 Å². The number of nitriles is 1. The van der Waals surface area contributed by atoms with Crippen molar-refractivity contribution in [3.8, 4) is 6.07 Å². The Morgan fingerprint density at radius 3 is 2.61 bits per heavy atom. The van der Waals surface area contributed by atoms with Gasteiger partial charge in [-0.2, -0.15) is 5.26 Å². The van der Waals surface area contributed by atoms with Crippen molar-refractivity contribution >= 4 is 21.6 Å². The first kappa shape index (κ1) is 13.4. The molecule has 3 nitrogen and oxygen atoms in total. The maximum absolute atomic E-state index is 11.5. The van der Waals surface area contributed by atoms with Gasteiger partial charge in [-0.1, -0.05) is 18.2 Å². The monoisotopic (exact) mass is 281 g/mol. The van der Waals surface area contributed by atoms with E-state index in [4.69, 9.17) is 0 Å². The number of hydrogen-bond acceptors (Lipinski definition) is 4. The molecular formula is C13H15NO2S2. The van der Waals surface area contributed by atoms with Gasteiger partial charge in [0.2, 0.25) is 0 Å². The molecule has 1 aliphatic heterocycles. The lowest BCUT2D eigenvalue weighted by Crippen LogP contribution is -2.21. The fraction of sp³-hybridized carbons (Fsp3) is 0.462. The number of rotatable bonds is 4. The first-order chi connectivity index (χ1) is 8.55. The molecule has 1 heterocycles.